The molecule has 0 aliphatic rings. The van der Waals surface area contributed by atoms with Crippen molar-refractivity contribution in [3.63, 3.8) is 0 Å². The Hall–Kier alpha value is -1.27. The highest BCUT2D eigenvalue weighted by atomic mass is 19.4. The summed E-state index contributed by atoms with van der Waals surface area (Å²) in [6.07, 6.45) is -4.86. The van der Waals surface area contributed by atoms with E-state index >= 15 is 0 Å². The Bertz CT molecular complexity index is 407. The van der Waals surface area contributed by atoms with E-state index in [0.29, 0.717) is 6.61 Å². The molecule has 3 N–H and O–H groups in total. The highest BCUT2D eigenvalue weighted by molar-refractivity contribution is 5.34. The van der Waals surface area contributed by atoms with Crippen LogP contribution in [0.2, 0.25) is 0 Å². The Labute approximate surface area is 103 Å². The second-order valence-electron chi connectivity index (χ2n) is 4.01. The summed E-state index contributed by atoms with van der Waals surface area (Å²) in [5.74, 6) is 0.262. The zero-order chi connectivity index (χ0) is 14.0. The fourth-order valence-electron chi connectivity index (χ4n) is 1.67. The molecule has 18 heavy (non-hydrogen) atoms. The summed E-state index contributed by atoms with van der Waals surface area (Å²) in [5, 5.41) is 9.88. The van der Waals surface area contributed by atoms with Gasteiger partial charge in [-0.15, -0.1) is 0 Å². The highest BCUT2D eigenvalue weighted by Gasteiger charge is 2.57. The van der Waals surface area contributed by atoms with Crippen LogP contribution in [0.25, 0.3) is 0 Å². The van der Waals surface area contributed by atoms with Crippen molar-refractivity contribution in [3.8, 4) is 5.75 Å². The molecule has 1 rings (SSSR count). The number of halogens is 3. The summed E-state index contributed by atoms with van der Waals surface area (Å²) < 4.78 is 44.1. The fourth-order valence-corrected chi connectivity index (χ4v) is 1.67. The molecule has 0 saturated heterocycles. The summed E-state index contributed by atoms with van der Waals surface area (Å²) in [6, 6.07) is 3.75. The van der Waals surface area contributed by atoms with Gasteiger partial charge in [0.2, 0.25) is 5.60 Å². The van der Waals surface area contributed by atoms with Crippen molar-refractivity contribution in [3.05, 3.63) is 29.8 Å². The molecule has 1 aromatic rings. The number of hydrogen-bond acceptors (Lipinski definition) is 3. The van der Waals surface area contributed by atoms with Gasteiger partial charge in [-0.2, -0.15) is 13.2 Å². The first-order valence-corrected chi connectivity index (χ1v) is 5.51. The quantitative estimate of drug-likeness (QED) is 0.875. The first kappa shape index (κ1) is 14.8. The van der Waals surface area contributed by atoms with Crippen LogP contribution in [0.15, 0.2) is 24.3 Å². The minimum Gasteiger partial charge on any atom is -0.494 e. The molecule has 2 unspecified atom stereocenters. The molecule has 0 aromatic heterocycles. The lowest BCUT2D eigenvalue weighted by atomic mass is 9.87. The molecular formula is C12H16F3NO2. The largest absolute Gasteiger partial charge is 0.494 e. The van der Waals surface area contributed by atoms with Gasteiger partial charge in [0, 0.05) is 6.04 Å². The molecule has 0 heterocycles. The van der Waals surface area contributed by atoms with Gasteiger partial charge in [-0.3, -0.25) is 0 Å². The number of rotatable bonds is 4. The Morgan fingerprint density at radius 2 is 2.00 bits per heavy atom. The van der Waals surface area contributed by atoms with E-state index in [1.54, 1.807) is 6.92 Å². The van der Waals surface area contributed by atoms with E-state index in [9.17, 15) is 18.3 Å². The topological polar surface area (TPSA) is 55.5 Å². The normalized spacial score (nSPS) is 17.1. The van der Waals surface area contributed by atoms with Crippen LogP contribution in [0, 0.1) is 0 Å². The van der Waals surface area contributed by atoms with Crippen LogP contribution in [0.4, 0.5) is 13.2 Å². The van der Waals surface area contributed by atoms with Crippen molar-refractivity contribution in [2.24, 2.45) is 5.73 Å². The van der Waals surface area contributed by atoms with Crippen molar-refractivity contribution in [1.29, 1.82) is 0 Å². The van der Waals surface area contributed by atoms with Gasteiger partial charge < -0.3 is 15.6 Å². The first-order valence-electron chi connectivity index (χ1n) is 5.51. The van der Waals surface area contributed by atoms with E-state index in [-0.39, 0.29) is 11.3 Å². The molecular weight excluding hydrogens is 247 g/mol. The Morgan fingerprint density at radius 1 is 1.39 bits per heavy atom. The average Bonchev–Trinajstić information content (AvgIpc) is 2.27. The van der Waals surface area contributed by atoms with Crippen LogP contribution in [0.3, 0.4) is 0 Å². The molecule has 0 bridgehead atoms. The van der Waals surface area contributed by atoms with Crippen molar-refractivity contribution < 1.29 is 23.0 Å². The average molecular weight is 263 g/mol. The molecule has 2 atom stereocenters. The fraction of sp³-hybridized carbons (Fsp3) is 0.500. The lowest BCUT2D eigenvalue weighted by Crippen LogP contribution is -2.54. The van der Waals surface area contributed by atoms with E-state index in [0.717, 1.165) is 13.0 Å². The van der Waals surface area contributed by atoms with Gasteiger partial charge >= 0.3 is 6.18 Å². The first-order chi connectivity index (χ1) is 8.23. The van der Waals surface area contributed by atoms with Crippen molar-refractivity contribution >= 4 is 0 Å². The van der Waals surface area contributed by atoms with Crippen LogP contribution in [0.5, 0.6) is 5.75 Å². The minimum atomic E-state index is -4.86. The van der Waals surface area contributed by atoms with E-state index in [4.69, 9.17) is 10.5 Å². The summed E-state index contributed by atoms with van der Waals surface area (Å²) >= 11 is 0. The molecule has 0 saturated carbocycles. The Morgan fingerprint density at radius 3 is 2.44 bits per heavy atom. The number of aliphatic hydroxyl groups is 1. The molecule has 3 nitrogen and oxygen atoms in total. The van der Waals surface area contributed by atoms with Crippen molar-refractivity contribution in [2.45, 2.75) is 31.7 Å². The Balaban J connectivity index is 3.27. The molecule has 0 aliphatic carbocycles. The molecule has 0 amide bonds. The second kappa shape index (κ2) is 5.16. The number of hydrogen-bond donors (Lipinski definition) is 2. The van der Waals surface area contributed by atoms with Gasteiger partial charge in [0.15, 0.2) is 0 Å². The van der Waals surface area contributed by atoms with Gasteiger partial charge in [-0.25, -0.2) is 0 Å². The summed E-state index contributed by atoms with van der Waals surface area (Å²) in [4.78, 5) is 0. The maximum absolute atomic E-state index is 13.0. The lowest BCUT2D eigenvalue weighted by molar-refractivity contribution is -0.272. The van der Waals surface area contributed by atoms with E-state index < -0.39 is 17.8 Å². The third-order valence-corrected chi connectivity index (χ3v) is 2.68. The number of alkyl halides is 3. The Kier molecular flexibility index (Phi) is 4.24. The maximum Gasteiger partial charge on any atom is 0.422 e. The molecule has 0 radical (unpaired) electrons. The smallest absolute Gasteiger partial charge is 0.422 e. The summed E-state index contributed by atoms with van der Waals surface area (Å²) in [7, 11) is 0. The third-order valence-electron chi connectivity index (χ3n) is 2.68. The van der Waals surface area contributed by atoms with Crippen LogP contribution in [0.1, 0.15) is 19.4 Å². The zero-order valence-corrected chi connectivity index (χ0v) is 10.2. The van der Waals surface area contributed by atoms with Crippen LogP contribution in [-0.4, -0.2) is 23.9 Å². The number of nitrogens with two attached hydrogens (primary N) is 1. The molecule has 102 valence electrons. The molecule has 1 aromatic carbocycles. The molecule has 0 fully saturated rings. The van der Waals surface area contributed by atoms with E-state index in [1.165, 1.54) is 18.2 Å². The standard InChI is InChI=1S/C12H16F3NO2/c1-3-18-10-6-4-5-9(7-10)11(17,8(2)16)12(13,14)15/h4-8,17H,3,16H2,1-2H3. The van der Waals surface area contributed by atoms with Crippen LogP contribution in [-0.2, 0) is 5.60 Å². The summed E-state index contributed by atoms with van der Waals surface area (Å²) in [6.45, 7) is 3.15. The molecule has 6 heteroatoms. The summed E-state index contributed by atoms with van der Waals surface area (Å²) in [5.41, 5.74) is 1.90. The monoisotopic (exact) mass is 263 g/mol. The maximum atomic E-state index is 13.0. The van der Waals surface area contributed by atoms with Gasteiger partial charge in [0.25, 0.3) is 0 Å². The molecule has 0 aliphatic heterocycles. The van der Waals surface area contributed by atoms with Gasteiger partial charge in [0.1, 0.15) is 5.75 Å². The zero-order valence-electron chi connectivity index (χ0n) is 10.2. The van der Waals surface area contributed by atoms with Gasteiger partial charge in [0.05, 0.1) is 6.61 Å². The van der Waals surface area contributed by atoms with E-state index in [1.807, 2.05) is 0 Å². The van der Waals surface area contributed by atoms with Crippen molar-refractivity contribution in [1.82, 2.24) is 0 Å². The van der Waals surface area contributed by atoms with Crippen LogP contribution < -0.4 is 10.5 Å². The predicted octanol–water partition coefficient (Wildman–Crippen LogP) is 2.18. The van der Waals surface area contributed by atoms with Crippen LogP contribution >= 0.6 is 0 Å². The lowest BCUT2D eigenvalue weighted by Gasteiger charge is -2.34. The number of ether oxygens (including phenoxy) is 1. The molecule has 0 spiro atoms. The SMILES string of the molecule is CCOc1cccc(C(O)(C(C)N)C(F)(F)F)c1. The van der Waals surface area contributed by atoms with Gasteiger partial charge in [-0.1, -0.05) is 12.1 Å². The predicted molar refractivity (Wildman–Crippen MR) is 61.2 cm³/mol. The van der Waals surface area contributed by atoms with E-state index in [2.05, 4.69) is 0 Å². The second-order valence-corrected chi connectivity index (χ2v) is 4.01. The van der Waals surface area contributed by atoms with Crippen molar-refractivity contribution in [2.75, 3.05) is 6.61 Å². The highest BCUT2D eigenvalue weighted by Crippen LogP contribution is 2.41. The minimum absolute atomic E-state index is 0.262. The third kappa shape index (κ3) is 2.59. The van der Waals surface area contributed by atoms with Gasteiger partial charge in [-0.05, 0) is 31.5 Å². The number of benzene rings is 1.